The molecule has 56 valence electrons. The van der Waals surface area contributed by atoms with Crippen molar-refractivity contribution in [1.29, 1.82) is 0 Å². The van der Waals surface area contributed by atoms with Gasteiger partial charge in [0.05, 0.1) is 0 Å². The highest BCUT2D eigenvalue weighted by atomic mass is 79.9. The third-order valence-electron chi connectivity index (χ3n) is 0.901. The molecule has 0 radical (unpaired) electrons. The smallest absolute Gasteiger partial charge is 0.221 e. The second-order valence-corrected chi connectivity index (χ2v) is 2.71. The van der Waals surface area contributed by atoms with Gasteiger partial charge in [0, 0.05) is 17.1 Å². The summed E-state index contributed by atoms with van der Waals surface area (Å²) < 4.78 is 0.808. The summed E-state index contributed by atoms with van der Waals surface area (Å²) >= 11 is 3.22. The standard InChI is InChI=1S/C7H10BrNO/c1-4-7(8)5(2)9-6(3)10/h4H,1H2,2-3H3,(H,9,10). The molecule has 0 heterocycles. The number of nitrogens with one attached hydrogen (secondary N) is 1. The number of halogens is 1. The Hall–Kier alpha value is -0.570. The molecule has 1 N–H and O–H groups in total. The van der Waals surface area contributed by atoms with Gasteiger partial charge in [0.1, 0.15) is 0 Å². The van der Waals surface area contributed by atoms with Gasteiger partial charge in [-0.2, -0.15) is 0 Å². The minimum absolute atomic E-state index is 0.0729. The fourth-order valence-corrected chi connectivity index (χ4v) is 0.576. The largest absolute Gasteiger partial charge is 0.329 e. The maximum absolute atomic E-state index is 10.5. The third kappa shape index (κ3) is 3.45. The first-order valence-corrected chi connectivity index (χ1v) is 3.63. The zero-order valence-corrected chi connectivity index (χ0v) is 7.66. The molecule has 10 heavy (non-hydrogen) atoms. The molecule has 0 aliphatic rings. The SMILES string of the molecule is C=CC(Br)=C(C)NC(C)=O. The van der Waals surface area contributed by atoms with Gasteiger partial charge in [-0.1, -0.05) is 12.7 Å². The highest BCUT2D eigenvalue weighted by Gasteiger charge is 1.95. The number of hydrogen-bond acceptors (Lipinski definition) is 1. The predicted molar refractivity (Wildman–Crippen MR) is 45.6 cm³/mol. The average molecular weight is 204 g/mol. The summed E-state index contributed by atoms with van der Waals surface area (Å²) in [6.07, 6.45) is 1.63. The van der Waals surface area contributed by atoms with Gasteiger partial charge >= 0.3 is 0 Å². The zero-order valence-electron chi connectivity index (χ0n) is 6.07. The molecule has 0 aromatic heterocycles. The first-order chi connectivity index (χ1) is 4.57. The number of hydrogen-bond donors (Lipinski definition) is 1. The molecule has 0 fully saturated rings. The first-order valence-electron chi connectivity index (χ1n) is 2.84. The second kappa shape index (κ2) is 4.28. The Balaban J connectivity index is 4.18. The van der Waals surface area contributed by atoms with Crippen molar-refractivity contribution in [3.05, 3.63) is 22.8 Å². The molecular formula is C7H10BrNO. The van der Waals surface area contributed by atoms with Crippen LogP contribution in [0.3, 0.4) is 0 Å². The minimum atomic E-state index is -0.0729. The van der Waals surface area contributed by atoms with E-state index in [1.807, 2.05) is 0 Å². The van der Waals surface area contributed by atoms with E-state index in [4.69, 9.17) is 0 Å². The van der Waals surface area contributed by atoms with E-state index in [9.17, 15) is 4.79 Å². The lowest BCUT2D eigenvalue weighted by Crippen LogP contribution is -2.17. The normalized spacial score (nSPS) is 11.9. The Labute approximate surface area is 69.1 Å². The van der Waals surface area contributed by atoms with Crippen LogP contribution in [-0.4, -0.2) is 5.91 Å². The summed E-state index contributed by atoms with van der Waals surface area (Å²) in [7, 11) is 0. The fourth-order valence-electron chi connectivity index (χ4n) is 0.477. The lowest BCUT2D eigenvalue weighted by Gasteiger charge is -2.01. The van der Waals surface area contributed by atoms with Crippen LogP contribution < -0.4 is 5.32 Å². The van der Waals surface area contributed by atoms with Crippen molar-refractivity contribution in [1.82, 2.24) is 5.32 Å². The van der Waals surface area contributed by atoms with Gasteiger partial charge in [0.25, 0.3) is 0 Å². The molecule has 0 aromatic rings. The van der Waals surface area contributed by atoms with Crippen molar-refractivity contribution in [2.24, 2.45) is 0 Å². The molecule has 0 rings (SSSR count). The molecule has 0 unspecified atom stereocenters. The maximum Gasteiger partial charge on any atom is 0.221 e. The van der Waals surface area contributed by atoms with Crippen LogP contribution >= 0.6 is 15.9 Å². The van der Waals surface area contributed by atoms with Crippen LogP contribution in [0.25, 0.3) is 0 Å². The molecule has 0 aliphatic heterocycles. The molecule has 0 saturated heterocycles. The van der Waals surface area contributed by atoms with Crippen LogP contribution in [0.15, 0.2) is 22.8 Å². The second-order valence-electron chi connectivity index (χ2n) is 1.86. The van der Waals surface area contributed by atoms with E-state index in [0.29, 0.717) is 0 Å². The first kappa shape index (κ1) is 9.43. The molecule has 0 aliphatic carbocycles. The summed E-state index contributed by atoms with van der Waals surface area (Å²) in [6, 6.07) is 0. The third-order valence-corrected chi connectivity index (χ3v) is 1.82. The summed E-state index contributed by atoms with van der Waals surface area (Å²) in [5.74, 6) is -0.0729. The van der Waals surface area contributed by atoms with Crippen molar-refractivity contribution in [3.63, 3.8) is 0 Å². The monoisotopic (exact) mass is 203 g/mol. The van der Waals surface area contributed by atoms with Gasteiger partial charge < -0.3 is 5.32 Å². The van der Waals surface area contributed by atoms with Gasteiger partial charge in [-0.15, -0.1) is 0 Å². The molecule has 2 nitrogen and oxygen atoms in total. The van der Waals surface area contributed by atoms with Crippen molar-refractivity contribution in [2.75, 3.05) is 0 Å². The Bertz CT molecular complexity index is 184. The molecule has 1 amide bonds. The van der Waals surface area contributed by atoms with Crippen molar-refractivity contribution in [2.45, 2.75) is 13.8 Å². The lowest BCUT2D eigenvalue weighted by atomic mass is 10.4. The number of carbonyl (C=O) groups excluding carboxylic acids is 1. The quantitative estimate of drug-likeness (QED) is 0.684. The van der Waals surface area contributed by atoms with Gasteiger partial charge in [-0.05, 0) is 22.9 Å². The average Bonchev–Trinajstić information content (AvgIpc) is 1.85. The highest BCUT2D eigenvalue weighted by molar-refractivity contribution is 9.11. The van der Waals surface area contributed by atoms with Crippen LogP contribution in [0.4, 0.5) is 0 Å². The van der Waals surface area contributed by atoms with Crippen LogP contribution in [0.5, 0.6) is 0 Å². The number of allylic oxidation sites excluding steroid dienone is 3. The molecule has 3 heteroatoms. The van der Waals surface area contributed by atoms with Crippen LogP contribution in [0.1, 0.15) is 13.8 Å². The van der Waals surface area contributed by atoms with Gasteiger partial charge in [0.15, 0.2) is 0 Å². The van der Waals surface area contributed by atoms with E-state index in [2.05, 4.69) is 27.8 Å². The van der Waals surface area contributed by atoms with Crippen molar-refractivity contribution < 1.29 is 4.79 Å². The van der Waals surface area contributed by atoms with E-state index < -0.39 is 0 Å². The summed E-state index contributed by atoms with van der Waals surface area (Å²) in [6.45, 7) is 6.80. The Morgan fingerprint density at radius 1 is 1.60 bits per heavy atom. The van der Waals surface area contributed by atoms with Crippen LogP contribution in [0, 0.1) is 0 Å². The summed E-state index contributed by atoms with van der Waals surface area (Å²) in [5.41, 5.74) is 0.780. The zero-order chi connectivity index (χ0) is 8.15. The van der Waals surface area contributed by atoms with E-state index in [1.54, 1.807) is 13.0 Å². The molecule has 0 aromatic carbocycles. The van der Waals surface area contributed by atoms with E-state index in [-0.39, 0.29) is 5.91 Å². The van der Waals surface area contributed by atoms with Crippen LogP contribution in [0.2, 0.25) is 0 Å². The van der Waals surface area contributed by atoms with Crippen molar-refractivity contribution >= 4 is 21.8 Å². The van der Waals surface area contributed by atoms with Gasteiger partial charge in [-0.3, -0.25) is 4.79 Å². The minimum Gasteiger partial charge on any atom is -0.329 e. The summed E-state index contributed by atoms with van der Waals surface area (Å²) in [5, 5.41) is 2.62. The predicted octanol–water partition coefficient (Wildman–Crippen LogP) is 1.93. The molecule has 0 bridgehead atoms. The van der Waals surface area contributed by atoms with E-state index >= 15 is 0 Å². The van der Waals surface area contributed by atoms with E-state index in [1.165, 1.54) is 6.92 Å². The lowest BCUT2D eigenvalue weighted by molar-refractivity contribution is -0.118. The Kier molecular flexibility index (Phi) is 4.03. The topological polar surface area (TPSA) is 29.1 Å². The molecular weight excluding hydrogens is 194 g/mol. The number of rotatable bonds is 2. The summed E-state index contributed by atoms with van der Waals surface area (Å²) in [4.78, 5) is 10.5. The van der Waals surface area contributed by atoms with Gasteiger partial charge in [-0.25, -0.2) is 0 Å². The Morgan fingerprint density at radius 3 is 2.40 bits per heavy atom. The highest BCUT2D eigenvalue weighted by Crippen LogP contribution is 2.09. The van der Waals surface area contributed by atoms with Crippen molar-refractivity contribution in [3.8, 4) is 0 Å². The van der Waals surface area contributed by atoms with Crippen LogP contribution in [-0.2, 0) is 4.79 Å². The maximum atomic E-state index is 10.5. The molecule has 0 saturated carbocycles. The Morgan fingerprint density at radius 2 is 2.10 bits per heavy atom. The van der Waals surface area contributed by atoms with Gasteiger partial charge in [0.2, 0.25) is 5.91 Å². The molecule has 0 spiro atoms. The fraction of sp³-hybridized carbons (Fsp3) is 0.286. The van der Waals surface area contributed by atoms with E-state index in [0.717, 1.165) is 10.2 Å². The molecule has 0 atom stereocenters. The number of carbonyl (C=O) groups is 1. The number of amides is 1.